The van der Waals surface area contributed by atoms with E-state index in [4.69, 9.17) is 4.74 Å². The Morgan fingerprint density at radius 3 is 2.54 bits per heavy atom. The van der Waals surface area contributed by atoms with E-state index in [1.807, 2.05) is 23.5 Å². The number of methoxy groups -OCH3 is 1. The molecule has 0 atom stereocenters. The topological polar surface area (TPSA) is 35.5 Å². The van der Waals surface area contributed by atoms with Crippen LogP contribution in [-0.2, 0) is 16.0 Å². The van der Waals surface area contributed by atoms with E-state index in [1.165, 1.54) is 52.8 Å². The Bertz CT molecular complexity index is 802. The van der Waals surface area contributed by atoms with Crippen molar-refractivity contribution in [2.45, 2.75) is 58.3 Å². The molecular formula is C24H30O3S. The van der Waals surface area contributed by atoms with E-state index >= 15 is 0 Å². The molecule has 3 nitrogen and oxygen atoms in total. The Balaban J connectivity index is 1.59. The lowest BCUT2D eigenvalue weighted by Crippen LogP contribution is -2.04. The second-order valence-electron chi connectivity index (χ2n) is 7.42. The van der Waals surface area contributed by atoms with E-state index in [0.29, 0.717) is 13.0 Å². The summed E-state index contributed by atoms with van der Waals surface area (Å²) in [5.41, 5.74) is 4.19. The summed E-state index contributed by atoms with van der Waals surface area (Å²) in [5.74, 6) is 0.767. The first kappa shape index (κ1) is 20.7. The van der Waals surface area contributed by atoms with E-state index < -0.39 is 0 Å². The van der Waals surface area contributed by atoms with Gasteiger partial charge in [0.1, 0.15) is 12.4 Å². The third-order valence-corrected chi connectivity index (χ3v) is 6.34. The van der Waals surface area contributed by atoms with Crippen LogP contribution in [0.3, 0.4) is 0 Å². The number of allylic oxidation sites excluding steroid dienone is 1. The van der Waals surface area contributed by atoms with Gasteiger partial charge in [0.05, 0.1) is 7.11 Å². The maximum Gasteiger partial charge on any atom is 0.305 e. The number of ether oxygens (including phenoxy) is 2. The van der Waals surface area contributed by atoms with E-state index in [0.717, 1.165) is 31.4 Å². The first-order chi connectivity index (χ1) is 13.7. The molecule has 0 unspecified atom stereocenters. The van der Waals surface area contributed by atoms with Crippen LogP contribution in [0.1, 0.15) is 60.3 Å². The fourth-order valence-electron chi connectivity index (χ4n) is 3.66. The van der Waals surface area contributed by atoms with Gasteiger partial charge in [-0.25, -0.2) is 0 Å². The van der Waals surface area contributed by atoms with E-state index in [-0.39, 0.29) is 5.97 Å². The van der Waals surface area contributed by atoms with Crippen molar-refractivity contribution in [1.82, 2.24) is 0 Å². The zero-order valence-corrected chi connectivity index (χ0v) is 17.8. The zero-order chi connectivity index (χ0) is 19.8. The maximum atomic E-state index is 11.2. The van der Waals surface area contributed by atoms with Crippen LogP contribution in [0.2, 0.25) is 0 Å². The molecule has 0 saturated carbocycles. The van der Waals surface area contributed by atoms with Gasteiger partial charge in [-0.1, -0.05) is 18.6 Å². The quantitative estimate of drug-likeness (QED) is 0.486. The third kappa shape index (κ3) is 5.96. The summed E-state index contributed by atoms with van der Waals surface area (Å²) in [4.78, 5) is 14.0. The molecule has 1 aromatic heterocycles. The van der Waals surface area contributed by atoms with Crippen LogP contribution in [0.25, 0.3) is 5.57 Å². The van der Waals surface area contributed by atoms with Crippen molar-refractivity contribution >= 4 is 22.9 Å². The van der Waals surface area contributed by atoms with Gasteiger partial charge in [0.2, 0.25) is 0 Å². The highest BCUT2D eigenvalue weighted by molar-refractivity contribution is 7.13. The smallest absolute Gasteiger partial charge is 0.305 e. The van der Waals surface area contributed by atoms with Crippen molar-refractivity contribution in [3.05, 3.63) is 57.3 Å². The second kappa shape index (κ2) is 10.5. The van der Waals surface area contributed by atoms with Crippen LogP contribution < -0.4 is 4.74 Å². The molecule has 0 saturated heterocycles. The summed E-state index contributed by atoms with van der Waals surface area (Å²) in [6, 6.07) is 12.8. The summed E-state index contributed by atoms with van der Waals surface area (Å²) < 4.78 is 10.8. The molecule has 1 aliphatic carbocycles. The highest BCUT2D eigenvalue weighted by Crippen LogP contribution is 2.35. The highest BCUT2D eigenvalue weighted by atomic mass is 32.1. The molecule has 3 rings (SSSR count). The van der Waals surface area contributed by atoms with Crippen LogP contribution >= 0.6 is 11.3 Å². The second-order valence-corrected chi connectivity index (χ2v) is 8.70. The molecule has 0 radical (unpaired) electrons. The lowest BCUT2D eigenvalue weighted by molar-refractivity contribution is -0.140. The molecule has 28 heavy (non-hydrogen) atoms. The Hall–Kier alpha value is -2.07. The molecule has 1 heterocycles. The molecule has 150 valence electrons. The van der Waals surface area contributed by atoms with Gasteiger partial charge < -0.3 is 9.47 Å². The SMILES string of the molecule is COC(=O)CCCc1ccc(OCC2=C(c3ccc(C)s3)CCCCC2)cc1. The summed E-state index contributed by atoms with van der Waals surface area (Å²) in [6.07, 6.45) is 8.29. The van der Waals surface area contributed by atoms with Gasteiger partial charge in [0.15, 0.2) is 0 Å². The van der Waals surface area contributed by atoms with Crippen molar-refractivity contribution in [3.63, 3.8) is 0 Å². The van der Waals surface area contributed by atoms with Gasteiger partial charge in [-0.2, -0.15) is 0 Å². The van der Waals surface area contributed by atoms with Gasteiger partial charge in [0.25, 0.3) is 0 Å². The Labute approximate surface area is 172 Å². The minimum Gasteiger partial charge on any atom is -0.489 e. The molecule has 0 spiro atoms. The molecule has 0 amide bonds. The average Bonchev–Trinajstić information content (AvgIpc) is 3.00. The van der Waals surface area contributed by atoms with Gasteiger partial charge in [-0.05, 0) is 86.4 Å². The molecular weight excluding hydrogens is 368 g/mol. The Morgan fingerprint density at radius 1 is 1.04 bits per heavy atom. The number of carbonyl (C=O) groups excluding carboxylic acids is 1. The van der Waals surface area contributed by atoms with Crippen LogP contribution in [-0.4, -0.2) is 19.7 Å². The Morgan fingerprint density at radius 2 is 1.82 bits per heavy atom. The molecule has 0 aliphatic heterocycles. The van der Waals surface area contributed by atoms with Crippen molar-refractivity contribution < 1.29 is 14.3 Å². The van der Waals surface area contributed by atoms with Crippen LogP contribution in [0.4, 0.5) is 0 Å². The van der Waals surface area contributed by atoms with Crippen molar-refractivity contribution in [2.24, 2.45) is 0 Å². The first-order valence-electron chi connectivity index (χ1n) is 10.2. The average molecular weight is 399 g/mol. The maximum absolute atomic E-state index is 11.2. The van der Waals surface area contributed by atoms with E-state index in [2.05, 4.69) is 35.9 Å². The molecule has 1 aliphatic rings. The number of thiophene rings is 1. The molecule has 0 bridgehead atoms. The van der Waals surface area contributed by atoms with E-state index in [9.17, 15) is 4.79 Å². The number of rotatable bonds is 8. The van der Waals surface area contributed by atoms with Crippen molar-refractivity contribution in [1.29, 1.82) is 0 Å². The predicted molar refractivity (Wildman–Crippen MR) is 116 cm³/mol. The Kier molecular flexibility index (Phi) is 7.72. The summed E-state index contributed by atoms with van der Waals surface area (Å²) in [6.45, 7) is 2.85. The number of esters is 1. The monoisotopic (exact) mass is 398 g/mol. The number of hydrogen-bond acceptors (Lipinski definition) is 4. The standard InChI is InChI=1S/C24H30O3S/c1-18-11-16-23(28-18)22-9-5-3-4-8-20(22)17-27-21-14-12-19(13-15-21)7-6-10-24(25)26-2/h11-16H,3-10,17H2,1-2H3. The minimum absolute atomic E-state index is 0.145. The van der Waals surface area contributed by atoms with Crippen LogP contribution in [0, 0.1) is 6.92 Å². The van der Waals surface area contributed by atoms with Crippen LogP contribution in [0.5, 0.6) is 5.75 Å². The molecule has 1 aromatic carbocycles. The van der Waals surface area contributed by atoms with Gasteiger partial charge >= 0.3 is 5.97 Å². The molecule has 2 aromatic rings. The molecule has 4 heteroatoms. The number of benzene rings is 1. The van der Waals surface area contributed by atoms with Gasteiger partial charge in [0, 0.05) is 16.2 Å². The summed E-state index contributed by atoms with van der Waals surface area (Å²) >= 11 is 1.90. The largest absolute Gasteiger partial charge is 0.489 e. The van der Waals surface area contributed by atoms with Crippen LogP contribution in [0.15, 0.2) is 42.0 Å². The fourth-order valence-corrected chi connectivity index (χ4v) is 4.65. The third-order valence-electron chi connectivity index (χ3n) is 5.28. The number of aryl methyl sites for hydroxylation is 2. The van der Waals surface area contributed by atoms with Crippen molar-refractivity contribution in [2.75, 3.05) is 13.7 Å². The lowest BCUT2D eigenvalue weighted by atomic mass is 10.0. The van der Waals surface area contributed by atoms with E-state index in [1.54, 1.807) is 0 Å². The molecule has 0 N–H and O–H groups in total. The number of hydrogen-bond donors (Lipinski definition) is 0. The highest BCUT2D eigenvalue weighted by Gasteiger charge is 2.15. The van der Waals surface area contributed by atoms with Gasteiger partial charge in [-0.3, -0.25) is 4.79 Å². The lowest BCUT2D eigenvalue weighted by Gasteiger charge is -2.14. The van der Waals surface area contributed by atoms with Gasteiger partial charge in [-0.15, -0.1) is 11.3 Å². The summed E-state index contributed by atoms with van der Waals surface area (Å²) in [5, 5.41) is 0. The number of carbonyl (C=O) groups is 1. The predicted octanol–water partition coefficient (Wildman–Crippen LogP) is 6.35. The fraction of sp³-hybridized carbons (Fsp3) is 0.458. The zero-order valence-electron chi connectivity index (χ0n) is 17.0. The first-order valence-corrected chi connectivity index (χ1v) is 11.0. The molecule has 0 fully saturated rings. The normalized spacial score (nSPS) is 14.6. The minimum atomic E-state index is -0.145. The van der Waals surface area contributed by atoms with Crippen molar-refractivity contribution in [3.8, 4) is 5.75 Å². The summed E-state index contributed by atoms with van der Waals surface area (Å²) in [7, 11) is 1.43.